The second kappa shape index (κ2) is 5.35. The first-order chi connectivity index (χ1) is 10.1. The minimum absolute atomic E-state index is 0.155. The molecule has 0 aliphatic carbocycles. The van der Waals surface area contributed by atoms with Gasteiger partial charge in [-0.25, -0.2) is 0 Å². The first-order valence-corrected chi connectivity index (χ1v) is 6.61. The van der Waals surface area contributed by atoms with E-state index in [1.54, 1.807) is 23.1 Å². The summed E-state index contributed by atoms with van der Waals surface area (Å²) < 4.78 is 7.41. The van der Waals surface area contributed by atoms with Crippen LogP contribution in [0.15, 0.2) is 35.5 Å². The summed E-state index contributed by atoms with van der Waals surface area (Å²) in [5, 5.41) is 4.79. The van der Waals surface area contributed by atoms with Gasteiger partial charge in [-0.1, -0.05) is 0 Å². The maximum atomic E-state index is 11.9. The molecule has 3 aromatic heterocycles. The van der Waals surface area contributed by atoms with E-state index < -0.39 is 0 Å². The van der Waals surface area contributed by atoms with E-state index in [4.69, 9.17) is 4.74 Å². The highest BCUT2D eigenvalue weighted by atomic mass is 16.5. The van der Waals surface area contributed by atoms with E-state index in [-0.39, 0.29) is 17.7 Å². The molecular weight excluding hydrogens is 270 g/mol. The Morgan fingerprint density at radius 2 is 2.29 bits per heavy atom. The quantitative estimate of drug-likeness (QED) is 0.774. The summed E-state index contributed by atoms with van der Waals surface area (Å²) >= 11 is 0. The van der Waals surface area contributed by atoms with Gasteiger partial charge in [-0.15, -0.1) is 0 Å². The smallest absolute Gasteiger partial charge is 0.297 e. The number of nitrogens with one attached hydrogen (secondary N) is 1. The molecule has 0 aliphatic rings. The number of aromatic nitrogens is 5. The Balaban J connectivity index is 1.79. The molecular formula is C14H15N5O2. The van der Waals surface area contributed by atoms with Gasteiger partial charge in [0.05, 0.1) is 22.8 Å². The van der Waals surface area contributed by atoms with Crippen LogP contribution in [0.2, 0.25) is 0 Å². The molecule has 3 rings (SSSR count). The molecule has 1 unspecified atom stereocenters. The number of fused-ring (bicyclic) bond motifs is 1. The highest BCUT2D eigenvalue weighted by molar-refractivity contribution is 5.76. The zero-order chi connectivity index (χ0) is 14.8. The van der Waals surface area contributed by atoms with Gasteiger partial charge in [0.15, 0.2) is 0 Å². The van der Waals surface area contributed by atoms with Crippen molar-refractivity contribution < 1.29 is 4.74 Å². The number of pyridine rings is 1. The van der Waals surface area contributed by atoms with Crippen LogP contribution >= 0.6 is 0 Å². The lowest BCUT2D eigenvalue weighted by Gasteiger charge is -2.12. The van der Waals surface area contributed by atoms with Gasteiger partial charge in [-0.2, -0.15) is 10.1 Å². The number of H-pyrrole nitrogens is 1. The Hall–Kier alpha value is -2.70. The summed E-state index contributed by atoms with van der Waals surface area (Å²) in [5.41, 5.74) is 1.21. The molecule has 0 radical (unpaired) electrons. The molecule has 0 amide bonds. The van der Waals surface area contributed by atoms with Crippen molar-refractivity contribution in [2.24, 2.45) is 7.05 Å². The molecule has 0 bridgehead atoms. The Bertz CT molecular complexity index is 823. The summed E-state index contributed by atoms with van der Waals surface area (Å²) in [5.74, 6) is 0. The summed E-state index contributed by atoms with van der Waals surface area (Å²) in [6, 6.07) is 3.76. The number of aromatic amines is 1. The normalized spacial score (nSPS) is 12.5. The molecule has 3 heterocycles. The van der Waals surface area contributed by atoms with E-state index >= 15 is 0 Å². The predicted octanol–water partition coefficient (Wildman–Crippen LogP) is 1.06. The molecule has 3 aromatic rings. The standard InChI is InChI=1S/C14H15N5O2/c1-9(7-10-4-6-19(2)18-10)21-14-16-12-8-15-5-3-11(12)13(20)17-14/h3-6,8-9H,7H2,1-2H3,(H,16,17,20). The van der Waals surface area contributed by atoms with Crippen LogP contribution in [0.4, 0.5) is 0 Å². The van der Waals surface area contributed by atoms with Crippen molar-refractivity contribution >= 4 is 10.9 Å². The third kappa shape index (κ3) is 2.91. The van der Waals surface area contributed by atoms with Gasteiger partial charge in [0.1, 0.15) is 6.10 Å². The fraction of sp³-hybridized carbons (Fsp3) is 0.286. The molecule has 21 heavy (non-hydrogen) atoms. The summed E-state index contributed by atoms with van der Waals surface area (Å²) in [4.78, 5) is 22.8. The average molecular weight is 285 g/mol. The van der Waals surface area contributed by atoms with Crippen molar-refractivity contribution in [1.29, 1.82) is 0 Å². The maximum Gasteiger partial charge on any atom is 0.297 e. The highest BCUT2D eigenvalue weighted by Gasteiger charge is 2.11. The first kappa shape index (κ1) is 13.3. The number of rotatable bonds is 4. The zero-order valence-electron chi connectivity index (χ0n) is 11.8. The molecule has 1 atom stereocenters. The van der Waals surface area contributed by atoms with E-state index in [0.717, 1.165) is 5.69 Å². The Labute approximate surface area is 120 Å². The Morgan fingerprint density at radius 1 is 1.43 bits per heavy atom. The largest absolute Gasteiger partial charge is 0.461 e. The molecule has 7 nitrogen and oxygen atoms in total. The van der Waals surface area contributed by atoms with Gasteiger partial charge in [0.25, 0.3) is 11.6 Å². The van der Waals surface area contributed by atoms with Crippen LogP contribution in [-0.2, 0) is 13.5 Å². The molecule has 0 saturated carbocycles. The van der Waals surface area contributed by atoms with Crippen LogP contribution in [-0.4, -0.2) is 30.8 Å². The summed E-state index contributed by atoms with van der Waals surface area (Å²) in [6.07, 6.45) is 5.46. The second-order valence-electron chi connectivity index (χ2n) is 4.88. The molecule has 0 saturated heterocycles. The minimum atomic E-state index is -0.234. The summed E-state index contributed by atoms with van der Waals surface area (Å²) in [6.45, 7) is 1.90. The average Bonchev–Trinajstić information content (AvgIpc) is 2.84. The molecule has 108 valence electrons. The molecule has 0 aliphatic heterocycles. The number of ether oxygens (including phenoxy) is 1. The number of aryl methyl sites for hydroxylation is 1. The van der Waals surface area contributed by atoms with Gasteiger partial charge in [0, 0.05) is 25.9 Å². The van der Waals surface area contributed by atoms with Crippen LogP contribution < -0.4 is 10.3 Å². The third-order valence-corrected chi connectivity index (χ3v) is 3.07. The van der Waals surface area contributed by atoms with Crippen LogP contribution in [0.25, 0.3) is 10.9 Å². The van der Waals surface area contributed by atoms with Crippen LogP contribution in [0.1, 0.15) is 12.6 Å². The Kier molecular flexibility index (Phi) is 3.39. The fourth-order valence-corrected chi connectivity index (χ4v) is 2.12. The highest BCUT2D eigenvalue weighted by Crippen LogP contribution is 2.11. The van der Waals surface area contributed by atoms with Gasteiger partial charge in [-0.3, -0.25) is 19.4 Å². The van der Waals surface area contributed by atoms with Crippen molar-refractivity contribution in [2.45, 2.75) is 19.4 Å². The second-order valence-corrected chi connectivity index (χ2v) is 4.88. The van der Waals surface area contributed by atoms with E-state index in [9.17, 15) is 4.79 Å². The van der Waals surface area contributed by atoms with Gasteiger partial charge >= 0.3 is 0 Å². The van der Waals surface area contributed by atoms with E-state index in [0.29, 0.717) is 17.3 Å². The van der Waals surface area contributed by atoms with Crippen LogP contribution in [0.3, 0.4) is 0 Å². The topological polar surface area (TPSA) is 85.7 Å². The predicted molar refractivity (Wildman–Crippen MR) is 77.2 cm³/mol. The van der Waals surface area contributed by atoms with Crippen molar-refractivity contribution in [2.75, 3.05) is 0 Å². The van der Waals surface area contributed by atoms with E-state index in [1.807, 2.05) is 26.2 Å². The maximum absolute atomic E-state index is 11.9. The zero-order valence-corrected chi connectivity index (χ0v) is 11.8. The van der Waals surface area contributed by atoms with Gasteiger partial charge in [0.2, 0.25) is 0 Å². The monoisotopic (exact) mass is 285 g/mol. The van der Waals surface area contributed by atoms with Crippen LogP contribution in [0, 0.1) is 0 Å². The molecule has 0 fully saturated rings. The fourth-order valence-electron chi connectivity index (χ4n) is 2.12. The number of hydrogen-bond acceptors (Lipinski definition) is 5. The van der Waals surface area contributed by atoms with Crippen molar-refractivity contribution in [3.05, 3.63) is 46.8 Å². The lowest BCUT2D eigenvalue weighted by Crippen LogP contribution is -2.19. The van der Waals surface area contributed by atoms with E-state index in [1.165, 1.54) is 0 Å². The number of hydrogen-bond donors (Lipinski definition) is 1. The molecule has 0 spiro atoms. The molecule has 7 heteroatoms. The van der Waals surface area contributed by atoms with Gasteiger partial charge < -0.3 is 4.74 Å². The molecule has 0 aromatic carbocycles. The SMILES string of the molecule is CC(Cc1ccn(C)n1)Oc1nc2cnccc2c(=O)[nH]1. The van der Waals surface area contributed by atoms with Crippen molar-refractivity contribution in [3.63, 3.8) is 0 Å². The number of nitrogens with zero attached hydrogens (tertiary/aromatic N) is 4. The third-order valence-electron chi connectivity index (χ3n) is 3.07. The van der Waals surface area contributed by atoms with E-state index in [2.05, 4.69) is 20.1 Å². The van der Waals surface area contributed by atoms with Gasteiger partial charge in [-0.05, 0) is 19.1 Å². The lowest BCUT2D eigenvalue weighted by atomic mass is 10.2. The Morgan fingerprint density at radius 3 is 3.05 bits per heavy atom. The van der Waals surface area contributed by atoms with Crippen LogP contribution in [0.5, 0.6) is 6.01 Å². The molecule has 1 N–H and O–H groups in total. The summed E-state index contributed by atoms with van der Waals surface area (Å²) in [7, 11) is 1.87. The lowest BCUT2D eigenvalue weighted by molar-refractivity contribution is 0.202. The first-order valence-electron chi connectivity index (χ1n) is 6.61. The minimum Gasteiger partial charge on any atom is -0.461 e. The van der Waals surface area contributed by atoms with Crippen molar-refractivity contribution in [1.82, 2.24) is 24.7 Å². The van der Waals surface area contributed by atoms with Crippen molar-refractivity contribution in [3.8, 4) is 6.01 Å².